The highest BCUT2D eigenvalue weighted by atomic mass is 32.1. The first kappa shape index (κ1) is 18.7. The SMILES string of the molecule is CCOc1ccc2nc(Oc3ccc(-n4c(=O)[nH]c(=O)n(C)c4=O)cc3)sc2c1. The molecule has 4 aromatic rings. The highest BCUT2D eigenvalue weighted by molar-refractivity contribution is 7.20. The predicted molar refractivity (Wildman–Crippen MR) is 109 cm³/mol. The molecular weight excluding hydrogens is 396 g/mol. The van der Waals surface area contributed by atoms with Gasteiger partial charge in [-0.1, -0.05) is 11.3 Å². The van der Waals surface area contributed by atoms with Gasteiger partial charge in [0.1, 0.15) is 11.5 Å². The lowest BCUT2D eigenvalue weighted by Gasteiger charge is -2.07. The lowest BCUT2D eigenvalue weighted by Crippen LogP contribution is -2.47. The van der Waals surface area contributed by atoms with Crippen molar-refractivity contribution >= 4 is 21.6 Å². The van der Waals surface area contributed by atoms with Crippen LogP contribution in [0.2, 0.25) is 0 Å². The second-order valence-corrected chi connectivity index (χ2v) is 7.04. The van der Waals surface area contributed by atoms with Crippen LogP contribution in [-0.4, -0.2) is 25.7 Å². The lowest BCUT2D eigenvalue weighted by atomic mass is 10.3. The van der Waals surface area contributed by atoms with E-state index in [0.29, 0.717) is 23.2 Å². The Balaban J connectivity index is 1.62. The summed E-state index contributed by atoms with van der Waals surface area (Å²) in [4.78, 5) is 42.2. The van der Waals surface area contributed by atoms with Gasteiger partial charge in [-0.2, -0.15) is 0 Å². The van der Waals surface area contributed by atoms with Crippen LogP contribution in [0.5, 0.6) is 16.7 Å². The molecule has 2 aromatic carbocycles. The maximum atomic E-state index is 12.2. The van der Waals surface area contributed by atoms with Crippen LogP contribution in [0.4, 0.5) is 0 Å². The lowest BCUT2D eigenvalue weighted by molar-refractivity contribution is 0.341. The van der Waals surface area contributed by atoms with E-state index in [9.17, 15) is 14.4 Å². The smallest absolute Gasteiger partial charge is 0.340 e. The van der Waals surface area contributed by atoms with E-state index in [4.69, 9.17) is 9.47 Å². The molecule has 0 unspecified atom stereocenters. The van der Waals surface area contributed by atoms with Gasteiger partial charge in [-0.3, -0.25) is 4.98 Å². The van der Waals surface area contributed by atoms with Gasteiger partial charge in [-0.05, 0) is 49.4 Å². The van der Waals surface area contributed by atoms with Crippen LogP contribution >= 0.6 is 11.3 Å². The maximum absolute atomic E-state index is 12.2. The summed E-state index contributed by atoms with van der Waals surface area (Å²) < 4.78 is 13.9. The summed E-state index contributed by atoms with van der Waals surface area (Å²) in [7, 11) is 1.29. The quantitative estimate of drug-likeness (QED) is 0.537. The molecule has 9 nitrogen and oxygen atoms in total. The van der Waals surface area contributed by atoms with Crippen LogP contribution in [0.1, 0.15) is 6.92 Å². The zero-order chi connectivity index (χ0) is 20.5. The van der Waals surface area contributed by atoms with E-state index < -0.39 is 17.1 Å². The van der Waals surface area contributed by atoms with Crippen LogP contribution in [0.3, 0.4) is 0 Å². The van der Waals surface area contributed by atoms with Crippen molar-refractivity contribution in [3.63, 3.8) is 0 Å². The Morgan fingerprint density at radius 1 is 1.03 bits per heavy atom. The number of hydrogen-bond donors (Lipinski definition) is 1. The molecule has 0 aliphatic heterocycles. The standard InChI is InChI=1S/C19H16N4O5S/c1-3-27-13-8-9-14-15(10-13)29-18(20-14)28-12-6-4-11(5-7-12)23-17(25)21-16(24)22(2)19(23)26/h4-10H,3H2,1-2H3,(H,21,24,25). The fourth-order valence-corrected chi connectivity index (χ4v) is 3.59. The van der Waals surface area contributed by atoms with Gasteiger partial charge in [0, 0.05) is 7.05 Å². The molecule has 29 heavy (non-hydrogen) atoms. The van der Waals surface area contributed by atoms with Gasteiger partial charge < -0.3 is 9.47 Å². The largest absolute Gasteiger partial charge is 0.494 e. The molecule has 148 valence electrons. The molecule has 10 heteroatoms. The van der Waals surface area contributed by atoms with E-state index in [2.05, 4.69) is 9.97 Å². The van der Waals surface area contributed by atoms with Gasteiger partial charge in [0.05, 0.1) is 22.5 Å². The third kappa shape index (κ3) is 3.57. The minimum absolute atomic E-state index is 0.310. The molecule has 0 aliphatic rings. The van der Waals surface area contributed by atoms with Crippen molar-refractivity contribution in [2.24, 2.45) is 7.05 Å². The van der Waals surface area contributed by atoms with Crippen molar-refractivity contribution in [1.29, 1.82) is 0 Å². The Kier molecular flexibility index (Phi) is 4.77. The monoisotopic (exact) mass is 412 g/mol. The second kappa shape index (κ2) is 7.40. The molecule has 2 heterocycles. The molecule has 4 rings (SSSR count). The number of thiazole rings is 1. The number of fused-ring (bicyclic) bond motifs is 1. The molecule has 0 saturated heterocycles. The average Bonchev–Trinajstić information content (AvgIpc) is 3.09. The van der Waals surface area contributed by atoms with E-state index in [1.807, 2.05) is 25.1 Å². The summed E-state index contributed by atoms with van der Waals surface area (Å²) in [5.41, 5.74) is -1.19. The number of nitrogens with one attached hydrogen (secondary N) is 1. The van der Waals surface area contributed by atoms with Gasteiger partial charge in [0.2, 0.25) is 0 Å². The Morgan fingerprint density at radius 2 is 1.76 bits per heavy atom. The second-order valence-electron chi connectivity index (χ2n) is 6.05. The van der Waals surface area contributed by atoms with Crippen LogP contribution < -0.4 is 26.5 Å². The zero-order valence-corrected chi connectivity index (χ0v) is 16.4. The summed E-state index contributed by atoms with van der Waals surface area (Å²) in [6.45, 7) is 2.51. The first-order valence-corrected chi connectivity index (χ1v) is 9.52. The number of nitrogens with zero attached hydrogens (tertiary/aromatic N) is 3. The summed E-state index contributed by atoms with van der Waals surface area (Å²) in [6, 6.07) is 12.0. The number of H-pyrrole nitrogens is 1. The molecule has 0 saturated carbocycles. The number of benzene rings is 2. The number of aromatic nitrogens is 4. The minimum Gasteiger partial charge on any atom is -0.494 e. The van der Waals surface area contributed by atoms with E-state index in [1.165, 1.54) is 18.4 Å². The van der Waals surface area contributed by atoms with Crippen LogP contribution in [0, 0.1) is 0 Å². The van der Waals surface area contributed by atoms with E-state index in [0.717, 1.165) is 25.1 Å². The molecule has 0 bridgehead atoms. The molecule has 1 N–H and O–H groups in total. The molecule has 0 spiro atoms. The van der Waals surface area contributed by atoms with E-state index >= 15 is 0 Å². The van der Waals surface area contributed by atoms with Gasteiger partial charge in [-0.15, -0.1) is 0 Å². The van der Waals surface area contributed by atoms with Crippen molar-refractivity contribution in [2.75, 3.05) is 6.61 Å². The molecule has 0 atom stereocenters. The minimum atomic E-state index is -0.803. The Morgan fingerprint density at radius 3 is 2.48 bits per heavy atom. The zero-order valence-electron chi connectivity index (χ0n) is 15.5. The fraction of sp³-hybridized carbons (Fsp3) is 0.158. The maximum Gasteiger partial charge on any atom is 0.340 e. The molecule has 0 amide bonds. The van der Waals surface area contributed by atoms with Crippen LogP contribution in [0.25, 0.3) is 15.9 Å². The van der Waals surface area contributed by atoms with Gasteiger partial charge in [-0.25, -0.2) is 28.5 Å². The number of rotatable bonds is 5. The summed E-state index contributed by atoms with van der Waals surface area (Å²) in [6.07, 6.45) is 0. The first-order valence-electron chi connectivity index (χ1n) is 8.70. The highest BCUT2D eigenvalue weighted by Crippen LogP contribution is 2.33. The van der Waals surface area contributed by atoms with Crippen LogP contribution in [-0.2, 0) is 7.05 Å². The van der Waals surface area contributed by atoms with Crippen LogP contribution in [0.15, 0.2) is 56.8 Å². The predicted octanol–water partition coefficient (Wildman–Crippen LogP) is 2.03. The van der Waals surface area contributed by atoms with Gasteiger partial charge in [0.25, 0.3) is 5.19 Å². The number of aromatic amines is 1. The van der Waals surface area contributed by atoms with Crippen molar-refractivity contribution < 1.29 is 9.47 Å². The third-order valence-corrected chi connectivity index (χ3v) is 5.05. The normalized spacial score (nSPS) is 11.0. The Labute approximate surface area is 167 Å². The topological polar surface area (TPSA) is 108 Å². The van der Waals surface area contributed by atoms with Crippen molar-refractivity contribution in [2.45, 2.75) is 6.92 Å². The highest BCUT2D eigenvalue weighted by Gasteiger charge is 2.11. The third-order valence-electron chi connectivity index (χ3n) is 4.15. The first-order chi connectivity index (χ1) is 14.0. The summed E-state index contributed by atoms with van der Waals surface area (Å²) >= 11 is 1.38. The van der Waals surface area contributed by atoms with E-state index in [-0.39, 0.29) is 0 Å². The summed E-state index contributed by atoms with van der Waals surface area (Å²) in [5, 5.41) is 0.457. The number of ether oxygens (including phenoxy) is 2. The summed E-state index contributed by atoms with van der Waals surface area (Å²) in [5.74, 6) is 1.26. The average molecular weight is 412 g/mol. The Hall–Kier alpha value is -3.66. The van der Waals surface area contributed by atoms with Gasteiger partial charge >= 0.3 is 17.1 Å². The number of hydrogen-bond acceptors (Lipinski definition) is 7. The van der Waals surface area contributed by atoms with Crippen molar-refractivity contribution in [3.05, 3.63) is 73.9 Å². The molecule has 0 radical (unpaired) electrons. The van der Waals surface area contributed by atoms with Crippen molar-refractivity contribution in [3.8, 4) is 22.4 Å². The van der Waals surface area contributed by atoms with E-state index in [1.54, 1.807) is 24.3 Å². The molecular formula is C19H16N4O5S. The van der Waals surface area contributed by atoms with Gasteiger partial charge in [0.15, 0.2) is 0 Å². The molecule has 2 aromatic heterocycles. The molecule has 0 fully saturated rings. The van der Waals surface area contributed by atoms with Crippen molar-refractivity contribution in [1.82, 2.24) is 19.1 Å². The fourth-order valence-electron chi connectivity index (χ4n) is 2.73. The molecule has 0 aliphatic carbocycles. The Bertz CT molecular complexity index is 1360.